The maximum Gasteiger partial charge on any atom is 0.312 e. The van der Waals surface area contributed by atoms with Crippen LogP contribution in [0.3, 0.4) is 0 Å². The van der Waals surface area contributed by atoms with Gasteiger partial charge in [0.05, 0.1) is 12.0 Å². The van der Waals surface area contributed by atoms with Gasteiger partial charge in [0.25, 0.3) is 0 Å². The van der Waals surface area contributed by atoms with Crippen molar-refractivity contribution in [3.63, 3.8) is 0 Å². The van der Waals surface area contributed by atoms with E-state index in [1.165, 1.54) is 0 Å². The van der Waals surface area contributed by atoms with Gasteiger partial charge in [-0.2, -0.15) is 0 Å². The Balaban J connectivity index is 2.69. The van der Waals surface area contributed by atoms with Gasteiger partial charge in [-0.25, -0.2) is 0 Å². The molecule has 1 rings (SSSR count). The van der Waals surface area contributed by atoms with Crippen LogP contribution < -0.4 is 9.47 Å². The normalized spacial score (nSPS) is 11.1. The zero-order valence-corrected chi connectivity index (χ0v) is 11.1. The number of hydrogen-bond donors (Lipinski definition) is 1. The molecule has 0 aliphatic carbocycles. The number of benzene rings is 1. The molecule has 1 N–H and O–H groups in total. The van der Waals surface area contributed by atoms with Crippen LogP contribution in [0.2, 0.25) is 0 Å². The van der Waals surface area contributed by atoms with Crippen LogP contribution in [0.15, 0.2) is 24.3 Å². The predicted molar refractivity (Wildman–Crippen MR) is 69.1 cm³/mol. The Morgan fingerprint density at radius 2 is 1.78 bits per heavy atom. The van der Waals surface area contributed by atoms with Gasteiger partial charge in [0.2, 0.25) is 0 Å². The molecule has 18 heavy (non-hydrogen) atoms. The minimum Gasteiger partial charge on any atom is -0.490 e. The highest BCUT2D eigenvalue weighted by molar-refractivity contribution is 5.73. The van der Waals surface area contributed by atoms with Crippen molar-refractivity contribution in [3.8, 4) is 11.5 Å². The van der Waals surface area contributed by atoms with E-state index >= 15 is 0 Å². The molecule has 0 radical (unpaired) electrons. The van der Waals surface area contributed by atoms with Crippen LogP contribution in [0.5, 0.6) is 11.5 Å². The van der Waals surface area contributed by atoms with Gasteiger partial charge in [0.15, 0.2) is 11.5 Å². The maximum atomic E-state index is 11.0. The van der Waals surface area contributed by atoms with Gasteiger partial charge in [-0.05, 0) is 32.4 Å². The minimum atomic E-state index is -0.919. The topological polar surface area (TPSA) is 55.8 Å². The number of para-hydroxylation sites is 2. The first-order valence-corrected chi connectivity index (χ1v) is 6.05. The highest BCUT2D eigenvalue weighted by Crippen LogP contribution is 2.28. The molecule has 1 aromatic rings. The van der Waals surface area contributed by atoms with Crippen LogP contribution in [0, 0.1) is 5.41 Å². The number of carboxylic acid groups (broad SMARTS) is 1. The summed E-state index contributed by atoms with van der Waals surface area (Å²) >= 11 is 0. The van der Waals surface area contributed by atoms with Crippen molar-refractivity contribution in [2.45, 2.75) is 27.2 Å². The molecule has 0 saturated heterocycles. The van der Waals surface area contributed by atoms with Crippen LogP contribution in [0.1, 0.15) is 27.2 Å². The lowest BCUT2D eigenvalue weighted by atomic mass is 9.95. The van der Waals surface area contributed by atoms with Gasteiger partial charge in [-0.3, -0.25) is 4.79 Å². The molecule has 4 nitrogen and oxygen atoms in total. The lowest BCUT2D eigenvalue weighted by molar-refractivity contribution is -0.148. The largest absolute Gasteiger partial charge is 0.490 e. The second-order valence-electron chi connectivity index (χ2n) is 4.77. The van der Waals surface area contributed by atoms with Gasteiger partial charge < -0.3 is 14.6 Å². The van der Waals surface area contributed by atoms with Crippen molar-refractivity contribution in [1.82, 2.24) is 0 Å². The molecule has 0 unspecified atom stereocenters. The summed E-state index contributed by atoms with van der Waals surface area (Å²) in [7, 11) is 0. The molecule has 0 fully saturated rings. The van der Waals surface area contributed by atoms with Crippen molar-refractivity contribution in [1.29, 1.82) is 0 Å². The lowest BCUT2D eigenvalue weighted by Gasteiger charge is -2.20. The van der Waals surface area contributed by atoms with E-state index in [1.54, 1.807) is 19.9 Å². The maximum absolute atomic E-state index is 11.0. The Morgan fingerprint density at radius 3 is 2.28 bits per heavy atom. The third-order valence-corrected chi connectivity index (χ3v) is 2.48. The van der Waals surface area contributed by atoms with E-state index in [2.05, 4.69) is 0 Å². The zero-order chi connectivity index (χ0) is 13.6. The second-order valence-corrected chi connectivity index (χ2v) is 4.77. The number of carbonyl (C=O) groups is 1. The van der Waals surface area contributed by atoms with Crippen molar-refractivity contribution in [2.75, 3.05) is 13.2 Å². The van der Waals surface area contributed by atoms with Gasteiger partial charge >= 0.3 is 5.97 Å². The highest BCUT2D eigenvalue weighted by atomic mass is 16.5. The Labute approximate surface area is 108 Å². The molecule has 0 atom stereocenters. The van der Waals surface area contributed by atoms with E-state index in [1.807, 2.05) is 25.1 Å². The molecule has 0 heterocycles. The van der Waals surface area contributed by atoms with E-state index < -0.39 is 11.4 Å². The smallest absolute Gasteiger partial charge is 0.312 e. The number of rotatable bonds is 7. The third-order valence-electron chi connectivity index (χ3n) is 2.48. The predicted octanol–water partition coefficient (Wildman–Crippen LogP) is 2.97. The number of ether oxygens (including phenoxy) is 2. The molecule has 0 saturated carbocycles. The average Bonchev–Trinajstić information content (AvgIpc) is 2.34. The fourth-order valence-electron chi connectivity index (χ4n) is 1.22. The number of aliphatic carboxylic acids is 1. The summed E-state index contributed by atoms with van der Waals surface area (Å²) in [6.45, 7) is 6.00. The van der Waals surface area contributed by atoms with Gasteiger partial charge in [0, 0.05) is 0 Å². The lowest BCUT2D eigenvalue weighted by Crippen LogP contribution is -2.30. The molecule has 0 bridgehead atoms. The molecule has 1 aromatic carbocycles. The summed E-state index contributed by atoms with van der Waals surface area (Å²) in [4.78, 5) is 11.0. The first-order valence-electron chi connectivity index (χ1n) is 6.05. The Morgan fingerprint density at radius 1 is 1.22 bits per heavy atom. The summed E-state index contributed by atoms with van der Waals surface area (Å²) < 4.78 is 11.1. The van der Waals surface area contributed by atoms with Crippen molar-refractivity contribution < 1.29 is 19.4 Å². The molecule has 0 amide bonds. The second kappa shape index (κ2) is 6.28. The molecule has 100 valence electrons. The molecular formula is C14H20O4. The summed E-state index contributed by atoms with van der Waals surface area (Å²) in [5, 5.41) is 9.02. The Bertz CT molecular complexity index is 399. The Kier molecular flexibility index (Phi) is 5.01. The third kappa shape index (κ3) is 3.95. The summed E-state index contributed by atoms with van der Waals surface area (Å²) in [6, 6.07) is 7.30. The van der Waals surface area contributed by atoms with Crippen molar-refractivity contribution in [2.24, 2.45) is 5.41 Å². The molecule has 0 aliphatic heterocycles. The van der Waals surface area contributed by atoms with E-state index in [0.717, 1.165) is 6.42 Å². The fraction of sp³-hybridized carbons (Fsp3) is 0.500. The van der Waals surface area contributed by atoms with E-state index in [4.69, 9.17) is 14.6 Å². The summed E-state index contributed by atoms with van der Waals surface area (Å²) in [6.07, 6.45) is 0.912. The summed E-state index contributed by atoms with van der Waals surface area (Å²) in [5.74, 6) is 0.357. The SMILES string of the molecule is CCCOc1ccccc1OCC(C)(C)C(=O)O. The molecule has 0 spiro atoms. The van der Waals surface area contributed by atoms with Crippen LogP contribution >= 0.6 is 0 Å². The Hall–Kier alpha value is -1.71. The number of carboxylic acids is 1. The van der Waals surface area contributed by atoms with E-state index in [0.29, 0.717) is 18.1 Å². The van der Waals surface area contributed by atoms with Gasteiger partial charge in [-0.15, -0.1) is 0 Å². The van der Waals surface area contributed by atoms with Crippen LogP contribution in [0.25, 0.3) is 0 Å². The van der Waals surface area contributed by atoms with Crippen molar-refractivity contribution >= 4 is 5.97 Å². The molecule has 0 aliphatic rings. The fourth-order valence-corrected chi connectivity index (χ4v) is 1.22. The first kappa shape index (κ1) is 14.4. The van der Waals surface area contributed by atoms with Crippen LogP contribution in [0.4, 0.5) is 0 Å². The minimum absolute atomic E-state index is 0.106. The van der Waals surface area contributed by atoms with Crippen molar-refractivity contribution in [3.05, 3.63) is 24.3 Å². The highest BCUT2D eigenvalue weighted by Gasteiger charge is 2.28. The zero-order valence-electron chi connectivity index (χ0n) is 11.1. The number of hydrogen-bond acceptors (Lipinski definition) is 3. The first-order chi connectivity index (χ1) is 8.47. The van der Waals surface area contributed by atoms with Crippen LogP contribution in [-0.4, -0.2) is 24.3 Å². The van der Waals surface area contributed by atoms with Crippen LogP contribution in [-0.2, 0) is 4.79 Å². The van der Waals surface area contributed by atoms with E-state index in [-0.39, 0.29) is 6.61 Å². The average molecular weight is 252 g/mol. The molecular weight excluding hydrogens is 232 g/mol. The monoisotopic (exact) mass is 252 g/mol. The van der Waals surface area contributed by atoms with Gasteiger partial charge in [0.1, 0.15) is 6.61 Å². The molecule has 0 aromatic heterocycles. The van der Waals surface area contributed by atoms with E-state index in [9.17, 15) is 4.79 Å². The quantitative estimate of drug-likeness (QED) is 0.810. The van der Waals surface area contributed by atoms with Gasteiger partial charge in [-0.1, -0.05) is 19.1 Å². The standard InChI is InChI=1S/C14H20O4/c1-4-9-17-11-7-5-6-8-12(11)18-10-14(2,3)13(15)16/h5-8H,4,9-10H2,1-3H3,(H,15,16). The molecule has 4 heteroatoms. The summed E-state index contributed by atoms with van der Waals surface area (Å²) in [5.41, 5.74) is -0.919.